The lowest BCUT2D eigenvalue weighted by atomic mass is 9.82. The molecule has 2 aliphatic rings. The fraction of sp³-hybridized carbons (Fsp3) is 0.647. The molecule has 4 rings (SSSR count). The second-order valence-electron chi connectivity index (χ2n) is 7.09. The minimum Gasteiger partial charge on any atom is -0.342 e. The summed E-state index contributed by atoms with van der Waals surface area (Å²) < 4.78 is 1.92. The van der Waals surface area contributed by atoms with Crippen molar-refractivity contribution in [2.24, 2.45) is 5.92 Å². The lowest BCUT2D eigenvalue weighted by molar-refractivity contribution is 0.0906. The number of aromatic nitrogens is 4. The van der Waals surface area contributed by atoms with Gasteiger partial charge in [0.05, 0.1) is 17.7 Å². The Hall–Kier alpha value is -1.80. The minimum absolute atomic E-state index is 0.0821. The van der Waals surface area contributed by atoms with Crippen LogP contribution >= 0.6 is 11.3 Å². The first-order valence-corrected chi connectivity index (χ1v) is 9.97. The van der Waals surface area contributed by atoms with Gasteiger partial charge in [-0.1, -0.05) is 24.5 Å². The van der Waals surface area contributed by atoms with Crippen molar-refractivity contribution in [1.29, 1.82) is 0 Å². The molecular formula is C17H24N6OS. The van der Waals surface area contributed by atoms with Gasteiger partial charge in [-0.2, -0.15) is 0 Å². The lowest BCUT2D eigenvalue weighted by Crippen LogP contribution is -2.35. The molecule has 1 unspecified atom stereocenters. The van der Waals surface area contributed by atoms with Crippen LogP contribution in [0.2, 0.25) is 0 Å². The SMILES string of the molecule is CNC1(n2cc(C(NC(=O)c3cscn3)C3CCCCC3)nn2)CC1. The number of nitrogens with zero attached hydrogens (tertiary/aromatic N) is 4. The minimum atomic E-state index is -0.124. The molecule has 7 nitrogen and oxygen atoms in total. The van der Waals surface area contributed by atoms with E-state index in [1.807, 2.05) is 17.9 Å². The van der Waals surface area contributed by atoms with Crippen LogP contribution in [0.4, 0.5) is 0 Å². The van der Waals surface area contributed by atoms with Crippen LogP contribution in [0.3, 0.4) is 0 Å². The molecule has 0 radical (unpaired) electrons. The van der Waals surface area contributed by atoms with Crippen molar-refractivity contribution in [2.75, 3.05) is 7.05 Å². The van der Waals surface area contributed by atoms with Gasteiger partial charge in [-0.15, -0.1) is 16.4 Å². The van der Waals surface area contributed by atoms with Crippen molar-refractivity contribution in [3.8, 4) is 0 Å². The Balaban J connectivity index is 1.57. The van der Waals surface area contributed by atoms with E-state index in [4.69, 9.17) is 0 Å². The predicted octanol–water partition coefficient (Wildman–Crippen LogP) is 2.45. The average molecular weight is 360 g/mol. The zero-order chi connectivity index (χ0) is 17.3. The Kier molecular flexibility index (Phi) is 4.56. The number of amides is 1. The van der Waals surface area contributed by atoms with Gasteiger partial charge >= 0.3 is 0 Å². The van der Waals surface area contributed by atoms with Crippen molar-refractivity contribution in [3.63, 3.8) is 0 Å². The highest BCUT2D eigenvalue weighted by Gasteiger charge is 2.45. The standard InChI is InChI=1S/C17H24N6OS/c1-18-17(7-8-17)23-9-13(21-22-23)15(12-5-3-2-4-6-12)20-16(24)14-10-25-11-19-14/h9-12,15,18H,2-8H2,1H3,(H,20,24). The molecule has 134 valence electrons. The third-order valence-corrected chi connectivity index (χ3v) is 6.12. The zero-order valence-corrected chi connectivity index (χ0v) is 15.3. The van der Waals surface area contributed by atoms with Gasteiger partial charge in [0.2, 0.25) is 0 Å². The first-order valence-electron chi connectivity index (χ1n) is 9.02. The highest BCUT2D eigenvalue weighted by molar-refractivity contribution is 7.07. The number of carbonyl (C=O) groups excluding carboxylic acids is 1. The van der Waals surface area contributed by atoms with E-state index in [0.29, 0.717) is 11.6 Å². The van der Waals surface area contributed by atoms with Crippen molar-refractivity contribution in [3.05, 3.63) is 28.5 Å². The first kappa shape index (κ1) is 16.7. The van der Waals surface area contributed by atoms with E-state index in [1.165, 1.54) is 30.6 Å². The monoisotopic (exact) mass is 360 g/mol. The van der Waals surface area contributed by atoms with Crippen LogP contribution in [0.5, 0.6) is 0 Å². The van der Waals surface area contributed by atoms with Gasteiger partial charge in [0, 0.05) is 5.38 Å². The number of carbonyl (C=O) groups is 1. The quantitative estimate of drug-likeness (QED) is 0.826. The summed E-state index contributed by atoms with van der Waals surface area (Å²) in [5.74, 6) is 0.285. The summed E-state index contributed by atoms with van der Waals surface area (Å²) in [6.45, 7) is 0. The van der Waals surface area contributed by atoms with Crippen molar-refractivity contribution in [2.45, 2.75) is 56.7 Å². The topological polar surface area (TPSA) is 84.7 Å². The van der Waals surface area contributed by atoms with Gasteiger partial charge in [-0.3, -0.25) is 10.1 Å². The summed E-state index contributed by atoms with van der Waals surface area (Å²) in [7, 11) is 1.96. The average Bonchev–Trinajstić information content (AvgIpc) is 3.05. The Labute approximate surface area is 151 Å². The van der Waals surface area contributed by atoms with Crippen LogP contribution in [0.1, 0.15) is 67.2 Å². The maximum absolute atomic E-state index is 12.6. The summed E-state index contributed by atoms with van der Waals surface area (Å²) in [5, 5.41) is 17.1. The molecule has 2 heterocycles. The van der Waals surface area contributed by atoms with Crippen LogP contribution in [-0.4, -0.2) is 32.9 Å². The van der Waals surface area contributed by atoms with Crippen LogP contribution in [-0.2, 0) is 5.66 Å². The number of nitrogens with one attached hydrogen (secondary N) is 2. The molecule has 0 aliphatic heterocycles. The summed E-state index contributed by atoms with van der Waals surface area (Å²) in [4.78, 5) is 16.7. The Morgan fingerprint density at radius 1 is 1.36 bits per heavy atom. The number of hydrogen-bond acceptors (Lipinski definition) is 6. The number of rotatable bonds is 6. The summed E-state index contributed by atoms with van der Waals surface area (Å²) in [5.41, 5.74) is 2.94. The molecule has 1 atom stereocenters. The molecule has 2 aromatic rings. The largest absolute Gasteiger partial charge is 0.342 e. The van der Waals surface area contributed by atoms with Crippen LogP contribution in [0.25, 0.3) is 0 Å². The van der Waals surface area contributed by atoms with Crippen molar-refractivity contribution >= 4 is 17.2 Å². The molecule has 8 heteroatoms. The van der Waals surface area contributed by atoms with E-state index in [0.717, 1.165) is 31.4 Å². The lowest BCUT2D eigenvalue weighted by Gasteiger charge is -2.29. The second-order valence-corrected chi connectivity index (χ2v) is 7.81. The number of hydrogen-bond donors (Lipinski definition) is 2. The molecule has 0 spiro atoms. The van der Waals surface area contributed by atoms with Crippen LogP contribution in [0.15, 0.2) is 17.1 Å². The summed E-state index contributed by atoms with van der Waals surface area (Å²) >= 11 is 1.43. The van der Waals surface area contributed by atoms with E-state index in [9.17, 15) is 4.79 Å². The Morgan fingerprint density at radius 3 is 2.80 bits per heavy atom. The summed E-state index contributed by atoms with van der Waals surface area (Å²) in [6, 6.07) is -0.101. The molecule has 2 saturated carbocycles. The maximum atomic E-state index is 12.6. The van der Waals surface area contributed by atoms with E-state index in [1.54, 1.807) is 10.9 Å². The maximum Gasteiger partial charge on any atom is 0.271 e. The van der Waals surface area contributed by atoms with Crippen molar-refractivity contribution in [1.82, 2.24) is 30.6 Å². The van der Waals surface area contributed by atoms with Gasteiger partial charge in [-0.25, -0.2) is 9.67 Å². The first-order chi connectivity index (χ1) is 12.2. The third-order valence-electron chi connectivity index (χ3n) is 5.53. The molecule has 2 aliphatic carbocycles. The molecular weight excluding hydrogens is 336 g/mol. The Bertz CT molecular complexity index is 717. The number of thiazole rings is 1. The molecule has 1 amide bonds. The van der Waals surface area contributed by atoms with Gasteiger partial charge in [0.25, 0.3) is 5.91 Å². The highest BCUT2D eigenvalue weighted by atomic mass is 32.1. The van der Waals surface area contributed by atoms with Gasteiger partial charge < -0.3 is 5.32 Å². The van der Waals surface area contributed by atoms with Crippen LogP contribution < -0.4 is 10.6 Å². The molecule has 25 heavy (non-hydrogen) atoms. The molecule has 0 bridgehead atoms. The molecule has 2 fully saturated rings. The normalized spacial score (nSPS) is 21.0. The third kappa shape index (κ3) is 3.32. The fourth-order valence-electron chi connectivity index (χ4n) is 3.78. The molecule has 2 aromatic heterocycles. The van der Waals surface area contributed by atoms with Crippen LogP contribution in [0, 0.1) is 5.92 Å². The van der Waals surface area contributed by atoms with Gasteiger partial charge in [-0.05, 0) is 38.6 Å². The second kappa shape index (κ2) is 6.84. The van der Waals surface area contributed by atoms with Gasteiger partial charge in [0.15, 0.2) is 0 Å². The molecule has 0 saturated heterocycles. The molecule has 2 N–H and O–H groups in total. The predicted molar refractivity (Wildman–Crippen MR) is 95.2 cm³/mol. The zero-order valence-electron chi connectivity index (χ0n) is 14.4. The summed E-state index contributed by atoms with van der Waals surface area (Å²) in [6.07, 6.45) is 10.1. The van der Waals surface area contributed by atoms with E-state index >= 15 is 0 Å². The molecule has 0 aromatic carbocycles. The van der Waals surface area contributed by atoms with E-state index in [2.05, 4.69) is 25.9 Å². The van der Waals surface area contributed by atoms with E-state index in [-0.39, 0.29) is 17.6 Å². The fourth-order valence-corrected chi connectivity index (χ4v) is 4.31. The highest BCUT2D eigenvalue weighted by Crippen LogP contribution is 2.40. The smallest absolute Gasteiger partial charge is 0.271 e. The van der Waals surface area contributed by atoms with E-state index < -0.39 is 0 Å². The van der Waals surface area contributed by atoms with Gasteiger partial charge in [0.1, 0.15) is 17.1 Å². The Morgan fingerprint density at radius 2 is 2.16 bits per heavy atom. The van der Waals surface area contributed by atoms with Crippen molar-refractivity contribution < 1.29 is 4.79 Å².